The zero-order chi connectivity index (χ0) is 14.8. The van der Waals surface area contributed by atoms with Crippen molar-refractivity contribution < 1.29 is 0 Å². The van der Waals surface area contributed by atoms with Crippen molar-refractivity contribution in [1.82, 2.24) is 15.0 Å². The third-order valence-electron chi connectivity index (χ3n) is 4.34. The average Bonchev–Trinajstić information content (AvgIpc) is 2.62. The van der Waals surface area contributed by atoms with Crippen molar-refractivity contribution in [3.8, 4) is 0 Å². The molecule has 1 aliphatic rings. The van der Waals surface area contributed by atoms with Crippen molar-refractivity contribution in [2.45, 2.75) is 18.8 Å². The standard InChI is InChI=1S/C18H18N4/c1-2-8-17-16(7-1)20-12-18(21-17)22-10-4-6-15(13-22)14-5-3-9-19-11-14/h1-3,5,7-9,11-12,15H,4,6,10,13H2/t15-/m1/s1. The van der Waals surface area contributed by atoms with E-state index in [1.807, 2.05) is 48.9 Å². The van der Waals surface area contributed by atoms with Gasteiger partial charge in [-0.3, -0.25) is 9.97 Å². The minimum Gasteiger partial charge on any atom is -0.355 e. The van der Waals surface area contributed by atoms with Gasteiger partial charge in [-0.05, 0) is 36.6 Å². The zero-order valence-electron chi connectivity index (χ0n) is 12.4. The molecule has 4 nitrogen and oxygen atoms in total. The first-order valence-electron chi connectivity index (χ1n) is 7.77. The normalized spacial score (nSPS) is 18.5. The van der Waals surface area contributed by atoms with Gasteiger partial charge in [-0.15, -0.1) is 0 Å². The molecule has 2 aromatic heterocycles. The first-order valence-corrected chi connectivity index (χ1v) is 7.77. The summed E-state index contributed by atoms with van der Waals surface area (Å²) in [5.41, 5.74) is 3.23. The average molecular weight is 290 g/mol. The van der Waals surface area contributed by atoms with Gasteiger partial charge in [-0.25, -0.2) is 4.98 Å². The second kappa shape index (κ2) is 5.72. The number of rotatable bonds is 2. The third kappa shape index (κ3) is 2.52. The highest BCUT2D eigenvalue weighted by molar-refractivity contribution is 5.75. The Kier molecular flexibility index (Phi) is 3.43. The lowest BCUT2D eigenvalue weighted by atomic mass is 9.92. The van der Waals surface area contributed by atoms with Crippen LogP contribution in [0.1, 0.15) is 24.3 Å². The van der Waals surface area contributed by atoms with Gasteiger partial charge in [0.1, 0.15) is 5.82 Å². The van der Waals surface area contributed by atoms with Gasteiger partial charge in [0, 0.05) is 31.4 Å². The van der Waals surface area contributed by atoms with E-state index in [9.17, 15) is 0 Å². The molecule has 1 aliphatic heterocycles. The first-order chi connectivity index (χ1) is 10.9. The number of para-hydroxylation sites is 2. The molecule has 0 N–H and O–H groups in total. The summed E-state index contributed by atoms with van der Waals surface area (Å²) in [6, 6.07) is 12.2. The molecule has 0 amide bonds. The smallest absolute Gasteiger partial charge is 0.147 e. The fraction of sp³-hybridized carbons (Fsp3) is 0.278. The van der Waals surface area contributed by atoms with Crippen LogP contribution in [-0.2, 0) is 0 Å². The van der Waals surface area contributed by atoms with E-state index in [1.165, 1.54) is 18.4 Å². The van der Waals surface area contributed by atoms with Gasteiger partial charge in [0.15, 0.2) is 0 Å². The zero-order valence-corrected chi connectivity index (χ0v) is 12.4. The van der Waals surface area contributed by atoms with Crippen LogP contribution in [0.25, 0.3) is 11.0 Å². The Bertz CT molecular complexity index is 772. The largest absolute Gasteiger partial charge is 0.355 e. The molecule has 1 saturated heterocycles. The molecule has 0 bridgehead atoms. The number of anilines is 1. The van der Waals surface area contributed by atoms with Gasteiger partial charge < -0.3 is 4.90 Å². The van der Waals surface area contributed by atoms with Gasteiger partial charge in [-0.1, -0.05) is 18.2 Å². The number of nitrogens with zero attached hydrogens (tertiary/aromatic N) is 4. The summed E-state index contributed by atoms with van der Waals surface area (Å²) in [7, 11) is 0. The number of hydrogen-bond acceptors (Lipinski definition) is 4. The molecule has 0 spiro atoms. The van der Waals surface area contributed by atoms with Crippen molar-refractivity contribution in [2.75, 3.05) is 18.0 Å². The fourth-order valence-electron chi connectivity index (χ4n) is 3.17. The van der Waals surface area contributed by atoms with Crippen LogP contribution in [0.15, 0.2) is 55.0 Å². The van der Waals surface area contributed by atoms with E-state index in [4.69, 9.17) is 4.98 Å². The second-order valence-electron chi connectivity index (χ2n) is 5.79. The van der Waals surface area contributed by atoms with Gasteiger partial charge in [0.25, 0.3) is 0 Å². The Labute approximate surface area is 129 Å². The van der Waals surface area contributed by atoms with E-state index >= 15 is 0 Å². The summed E-state index contributed by atoms with van der Waals surface area (Å²) < 4.78 is 0. The van der Waals surface area contributed by atoms with Gasteiger partial charge in [-0.2, -0.15) is 0 Å². The quantitative estimate of drug-likeness (QED) is 0.725. The number of hydrogen-bond donors (Lipinski definition) is 0. The van der Waals surface area contributed by atoms with Crippen LogP contribution < -0.4 is 4.90 Å². The van der Waals surface area contributed by atoms with Crippen molar-refractivity contribution in [2.24, 2.45) is 0 Å². The molecular weight excluding hydrogens is 272 g/mol. The molecule has 3 heterocycles. The highest BCUT2D eigenvalue weighted by Crippen LogP contribution is 2.29. The predicted molar refractivity (Wildman–Crippen MR) is 88.0 cm³/mol. The van der Waals surface area contributed by atoms with Crippen LogP contribution in [-0.4, -0.2) is 28.0 Å². The summed E-state index contributed by atoms with van der Waals surface area (Å²) in [4.78, 5) is 15.9. The van der Waals surface area contributed by atoms with E-state index in [1.54, 1.807) is 0 Å². The summed E-state index contributed by atoms with van der Waals surface area (Å²) in [5, 5.41) is 0. The van der Waals surface area contributed by atoms with Crippen LogP contribution in [0.2, 0.25) is 0 Å². The van der Waals surface area contributed by atoms with Crippen LogP contribution in [0.4, 0.5) is 5.82 Å². The molecule has 0 unspecified atom stereocenters. The number of piperidine rings is 1. The van der Waals surface area contributed by atoms with Crippen molar-refractivity contribution in [3.63, 3.8) is 0 Å². The third-order valence-corrected chi connectivity index (χ3v) is 4.34. The molecule has 4 rings (SSSR count). The van der Waals surface area contributed by atoms with Crippen LogP contribution in [0.5, 0.6) is 0 Å². The number of aromatic nitrogens is 3. The number of benzene rings is 1. The lowest BCUT2D eigenvalue weighted by molar-refractivity contribution is 0.506. The molecule has 1 fully saturated rings. The Morgan fingerprint density at radius 3 is 2.77 bits per heavy atom. The Hall–Kier alpha value is -2.49. The van der Waals surface area contributed by atoms with Crippen molar-refractivity contribution in [1.29, 1.82) is 0 Å². The predicted octanol–water partition coefficient (Wildman–Crippen LogP) is 3.41. The molecule has 22 heavy (non-hydrogen) atoms. The molecule has 0 radical (unpaired) electrons. The van der Waals surface area contributed by atoms with Crippen molar-refractivity contribution >= 4 is 16.9 Å². The fourth-order valence-corrected chi connectivity index (χ4v) is 3.17. The monoisotopic (exact) mass is 290 g/mol. The Morgan fingerprint density at radius 2 is 1.91 bits per heavy atom. The SMILES string of the molecule is c1cncc([C@@H]2CCCN(c3cnc4ccccc4n3)C2)c1. The lowest BCUT2D eigenvalue weighted by Crippen LogP contribution is -2.35. The lowest BCUT2D eigenvalue weighted by Gasteiger charge is -2.33. The molecule has 110 valence electrons. The number of pyridine rings is 1. The Balaban J connectivity index is 1.61. The minimum atomic E-state index is 0.524. The molecule has 1 atom stereocenters. The van der Waals surface area contributed by atoms with Gasteiger partial charge in [0.2, 0.25) is 0 Å². The molecule has 1 aromatic carbocycles. The summed E-state index contributed by atoms with van der Waals surface area (Å²) in [5.74, 6) is 1.50. The van der Waals surface area contributed by atoms with E-state index in [0.717, 1.165) is 29.9 Å². The maximum absolute atomic E-state index is 4.77. The molecule has 0 aliphatic carbocycles. The highest BCUT2D eigenvalue weighted by Gasteiger charge is 2.22. The molecule has 0 saturated carbocycles. The summed E-state index contributed by atoms with van der Waals surface area (Å²) >= 11 is 0. The maximum atomic E-state index is 4.77. The maximum Gasteiger partial charge on any atom is 0.147 e. The topological polar surface area (TPSA) is 41.9 Å². The molecule has 4 heteroatoms. The van der Waals surface area contributed by atoms with E-state index in [-0.39, 0.29) is 0 Å². The highest BCUT2D eigenvalue weighted by atomic mass is 15.2. The van der Waals surface area contributed by atoms with Crippen LogP contribution in [0.3, 0.4) is 0 Å². The van der Waals surface area contributed by atoms with Crippen LogP contribution >= 0.6 is 0 Å². The van der Waals surface area contributed by atoms with E-state index in [2.05, 4.69) is 20.9 Å². The van der Waals surface area contributed by atoms with Gasteiger partial charge >= 0.3 is 0 Å². The number of fused-ring (bicyclic) bond motifs is 1. The molecule has 3 aromatic rings. The first kappa shape index (κ1) is 13.2. The van der Waals surface area contributed by atoms with E-state index < -0.39 is 0 Å². The summed E-state index contributed by atoms with van der Waals surface area (Å²) in [6.45, 7) is 2.03. The van der Waals surface area contributed by atoms with Crippen LogP contribution in [0, 0.1) is 0 Å². The molecular formula is C18H18N4. The summed E-state index contributed by atoms with van der Waals surface area (Å²) in [6.07, 6.45) is 8.10. The minimum absolute atomic E-state index is 0.524. The Morgan fingerprint density at radius 1 is 1.00 bits per heavy atom. The van der Waals surface area contributed by atoms with Crippen molar-refractivity contribution in [3.05, 3.63) is 60.6 Å². The second-order valence-corrected chi connectivity index (χ2v) is 5.79. The van der Waals surface area contributed by atoms with E-state index in [0.29, 0.717) is 5.92 Å². The van der Waals surface area contributed by atoms with Gasteiger partial charge in [0.05, 0.1) is 17.2 Å².